The van der Waals surface area contributed by atoms with Crippen molar-refractivity contribution in [2.24, 2.45) is 0 Å². The van der Waals surface area contributed by atoms with E-state index in [2.05, 4.69) is 26.0 Å². The molecule has 0 unspecified atom stereocenters. The fraction of sp³-hybridized carbons (Fsp3) is 0.333. The van der Waals surface area contributed by atoms with Gasteiger partial charge in [-0.05, 0) is 36.8 Å². The molecule has 0 bridgehead atoms. The summed E-state index contributed by atoms with van der Waals surface area (Å²) in [6.07, 6.45) is -4.74. The van der Waals surface area contributed by atoms with Gasteiger partial charge in [0.05, 0.1) is 7.11 Å². The fourth-order valence-corrected chi connectivity index (χ4v) is 2.74. The highest BCUT2D eigenvalue weighted by molar-refractivity contribution is 9.10. The monoisotopic (exact) mass is 433 g/mol. The Morgan fingerprint density at radius 2 is 1.81 bits per heavy atom. The SMILES string of the molecule is COc1cccc([C@@H](C)NCCOc2cc(Br)cc(OC(F)(F)F)c2)c1. The highest BCUT2D eigenvalue weighted by atomic mass is 79.9. The van der Waals surface area contributed by atoms with Gasteiger partial charge in [0.2, 0.25) is 0 Å². The van der Waals surface area contributed by atoms with Gasteiger partial charge in [-0.3, -0.25) is 0 Å². The quantitative estimate of drug-likeness (QED) is 0.588. The van der Waals surface area contributed by atoms with Crippen LogP contribution in [0.4, 0.5) is 13.2 Å². The molecule has 0 aliphatic rings. The van der Waals surface area contributed by atoms with Crippen LogP contribution in [0.25, 0.3) is 0 Å². The zero-order valence-electron chi connectivity index (χ0n) is 14.3. The minimum absolute atomic E-state index is 0.0698. The van der Waals surface area contributed by atoms with Crippen molar-refractivity contribution >= 4 is 15.9 Å². The molecule has 26 heavy (non-hydrogen) atoms. The molecular formula is C18H19BrF3NO3. The van der Waals surface area contributed by atoms with Gasteiger partial charge in [-0.1, -0.05) is 28.1 Å². The number of methoxy groups -OCH3 is 1. The third kappa shape index (κ3) is 6.76. The largest absolute Gasteiger partial charge is 0.573 e. The van der Waals surface area contributed by atoms with E-state index in [1.54, 1.807) is 13.2 Å². The molecule has 0 heterocycles. The predicted molar refractivity (Wildman–Crippen MR) is 95.7 cm³/mol. The summed E-state index contributed by atoms with van der Waals surface area (Å²) >= 11 is 3.14. The van der Waals surface area contributed by atoms with Crippen LogP contribution in [-0.2, 0) is 0 Å². The van der Waals surface area contributed by atoms with Crippen molar-refractivity contribution in [2.75, 3.05) is 20.3 Å². The maximum atomic E-state index is 12.3. The van der Waals surface area contributed by atoms with Crippen LogP contribution in [0, 0.1) is 0 Å². The Morgan fingerprint density at radius 3 is 2.50 bits per heavy atom. The summed E-state index contributed by atoms with van der Waals surface area (Å²) in [5.41, 5.74) is 1.06. The average Bonchev–Trinajstić information content (AvgIpc) is 2.56. The molecule has 0 saturated heterocycles. The summed E-state index contributed by atoms with van der Waals surface area (Å²) < 4.78 is 52.0. The second-order valence-electron chi connectivity index (χ2n) is 5.47. The van der Waals surface area contributed by atoms with Gasteiger partial charge in [0, 0.05) is 23.1 Å². The smallest absolute Gasteiger partial charge is 0.497 e. The lowest BCUT2D eigenvalue weighted by atomic mass is 10.1. The van der Waals surface area contributed by atoms with Gasteiger partial charge in [0.1, 0.15) is 23.9 Å². The normalized spacial score (nSPS) is 12.5. The van der Waals surface area contributed by atoms with E-state index in [0.29, 0.717) is 11.0 Å². The van der Waals surface area contributed by atoms with E-state index in [4.69, 9.17) is 9.47 Å². The summed E-state index contributed by atoms with van der Waals surface area (Å²) in [4.78, 5) is 0. The van der Waals surface area contributed by atoms with Crippen molar-refractivity contribution < 1.29 is 27.4 Å². The van der Waals surface area contributed by atoms with E-state index in [0.717, 1.165) is 11.3 Å². The minimum atomic E-state index is -4.74. The third-order valence-electron chi connectivity index (χ3n) is 3.49. The van der Waals surface area contributed by atoms with Gasteiger partial charge < -0.3 is 19.5 Å². The van der Waals surface area contributed by atoms with Gasteiger partial charge in [-0.15, -0.1) is 13.2 Å². The van der Waals surface area contributed by atoms with Crippen molar-refractivity contribution in [2.45, 2.75) is 19.3 Å². The summed E-state index contributed by atoms with van der Waals surface area (Å²) in [6, 6.07) is 11.8. The zero-order valence-corrected chi connectivity index (χ0v) is 15.9. The Balaban J connectivity index is 1.85. The molecular weight excluding hydrogens is 415 g/mol. The van der Waals surface area contributed by atoms with Gasteiger partial charge in [0.15, 0.2) is 0 Å². The Hall–Kier alpha value is -1.93. The van der Waals surface area contributed by atoms with Crippen LogP contribution in [0.3, 0.4) is 0 Å². The average molecular weight is 434 g/mol. The minimum Gasteiger partial charge on any atom is -0.497 e. The fourth-order valence-electron chi connectivity index (χ4n) is 2.29. The molecule has 2 rings (SSSR count). The molecule has 1 N–H and O–H groups in total. The first kappa shape index (κ1) is 20.4. The highest BCUT2D eigenvalue weighted by Crippen LogP contribution is 2.30. The molecule has 0 fully saturated rings. The molecule has 142 valence electrons. The Morgan fingerprint density at radius 1 is 1.08 bits per heavy atom. The van der Waals surface area contributed by atoms with E-state index < -0.39 is 6.36 Å². The van der Waals surface area contributed by atoms with Gasteiger partial charge in [-0.25, -0.2) is 0 Å². The molecule has 0 amide bonds. The molecule has 0 aliphatic heterocycles. The van der Waals surface area contributed by atoms with Crippen LogP contribution in [0.15, 0.2) is 46.9 Å². The van der Waals surface area contributed by atoms with Crippen LogP contribution in [0.5, 0.6) is 17.2 Å². The van der Waals surface area contributed by atoms with Gasteiger partial charge in [-0.2, -0.15) is 0 Å². The number of halogens is 4. The maximum absolute atomic E-state index is 12.3. The number of rotatable bonds is 8. The third-order valence-corrected chi connectivity index (χ3v) is 3.95. The van der Waals surface area contributed by atoms with Crippen molar-refractivity contribution in [3.63, 3.8) is 0 Å². The van der Waals surface area contributed by atoms with Crippen LogP contribution < -0.4 is 19.5 Å². The number of alkyl halides is 3. The molecule has 0 aliphatic carbocycles. The van der Waals surface area contributed by atoms with Gasteiger partial charge in [0.25, 0.3) is 0 Å². The van der Waals surface area contributed by atoms with Crippen molar-refractivity contribution in [3.8, 4) is 17.2 Å². The molecule has 4 nitrogen and oxygen atoms in total. The standard InChI is InChI=1S/C18H19BrF3NO3/c1-12(13-4-3-5-15(8-13)24-2)23-6-7-25-16-9-14(19)10-17(11-16)26-18(20,21)22/h3-5,8-12,23H,6-7H2,1-2H3/t12-/m1/s1. The molecule has 0 saturated carbocycles. The molecule has 1 atom stereocenters. The van der Waals surface area contributed by atoms with Crippen molar-refractivity contribution in [1.82, 2.24) is 5.32 Å². The van der Waals surface area contributed by atoms with E-state index in [-0.39, 0.29) is 24.1 Å². The molecule has 2 aromatic rings. The van der Waals surface area contributed by atoms with E-state index in [9.17, 15) is 13.2 Å². The second-order valence-corrected chi connectivity index (χ2v) is 6.39. The van der Waals surface area contributed by atoms with E-state index in [1.807, 2.05) is 31.2 Å². The molecule has 0 radical (unpaired) electrons. The van der Waals surface area contributed by atoms with Crippen LogP contribution in [0.2, 0.25) is 0 Å². The predicted octanol–water partition coefficient (Wildman–Crippen LogP) is 5.09. The number of ether oxygens (including phenoxy) is 3. The molecule has 0 aromatic heterocycles. The topological polar surface area (TPSA) is 39.7 Å². The van der Waals surface area contributed by atoms with Crippen molar-refractivity contribution in [1.29, 1.82) is 0 Å². The van der Waals surface area contributed by atoms with E-state index >= 15 is 0 Å². The van der Waals surface area contributed by atoms with Gasteiger partial charge >= 0.3 is 6.36 Å². The summed E-state index contributed by atoms with van der Waals surface area (Å²) in [6.45, 7) is 2.81. The second kappa shape index (κ2) is 9.14. The first-order valence-corrected chi connectivity index (χ1v) is 8.62. The Bertz CT molecular complexity index is 725. The Kier molecular flexibility index (Phi) is 7.16. The maximum Gasteiger partial charge on any atom is 0.573 e. The summed E-state index contributed by atoms with van der Waals surface area (Å²) in [5.74, 6) is 0.729. The summed E-state index contributed by atoms with van der Waals surface area (Å²) in [7, 11) is 1.61. The number of benzene rings is 2. The number of nitrogens with one attached hydrogen (secondary N) is 1. The number of hydrogen-bond acceptors (Lipinski definition) is 4. The lowest BCUT2D eigenvalue weighted by Gasteiger charge is -2.16. The first-order chi connectivity index (χ1) is 12.3. The van der Waals surface area contributed by atoms with Crippen molar-refractivity contribution in [3.05, 3.63) is 52.5 Å². The van der Waals surface area contributed by atoms with Crippen LogP contribution in [0.1, 0.15) is 18.5 Å². The Labute approximate surface area is 158 Å². The highest BCUT2D eigenvalue weighted by Gasteiger charge is 2.31. The molecule has 0 spiro atoms. The van der Waals surface area contributed by atoms with E-state index in [1.165, 1.54) is 12.1 Å². The van der Waals surface area contributed by atoms with Crippen LogP contribution in [-0.4, -0.2) is 26.6 Å². The summed E-state index contributed by atoms with van der Waals surface area (Å²) in [5, 5.41) is 3.28. The zero-order chi connectivity index (χ0) is 19.2. The number of hydrogen-bond donors (Lipinski definition) is 1. The lowest BCUT2D eigenvalue weighted by Crippen LogP contribution is -2.24. The molecule has 2 aromatic carbocycles. The lowest BCUT2D eigenvalue weighted by molar-refractivity contribution is -0.274. The van der Waals surface area contributed by atoms with Crippen LogP contribution >= 0.6 is 15.9 Å². The molecule has 8 heteroatoms. The first-order valence-electron chi connectivity index (χ1n) is 7.83.